The van der Waals surface area contributed by atoms with Crippen molar-refractivity contribution in [1.29, 1.82) is 0 Å². The number of nitrogens with one attached hydrogen (secondary N) is 2. The van der Waals surface area contributed by atoms with E-state index in [-0.39, 0.29) is 17.9 Å². The molecule has 5 heteroatoms. The van der Waals surface area contributed by atoms with Gasteiger partial charge in [0.15, 0.2) is 0 Å². The van der Waals surface area contributed by atoms with Gasteiger partial charge < -0.3 is 15.4 Å². The number of para-hydroxylation sites is 1. The highest BCUT2D eigenvalue weighted by Crippen LogP contribution is 2.16. The molecule has 2 aromatic rings. The smallest absolute Gasteiger partial charge is 0.242 e. The van der Waals surface area contributed by atoms with Crippen molar-refractivity contribution in [2.45, 2.75) is 38.8 Å². The van der Waals surface area contributed by atoms with Gasteiger partial charge in [0.25, 0.3) is 0 Å². The number of amides is 1. The minimum atomic E-state index is -0.235. The topological polar surface area (TPSA) is 63.2 Å². The maximum Gasteiger partial charge on any atom is 0.242 e. The van der Waals surface area contributed by atoms with Gasteiger partial charge in [-0.2, -0.15) is 0 Å². The van der Waals surface area contributed by atoms with Crippen LogP contribution in [0.3, 0.4) is 0 Å². The molecule has 0 spiro atoms. The second kappa shape index (κ2) is 7.73. The van der Waals surface area contributed by atoms with Crippen LogP contribution in [0.2, 0.25) is 0 Å². The lowest BCUT2D eigenvalue weighted by Crippen LogP contribution is -2.50. The van der Waals surface area contributed by atoms with Crippen LogP contribution in [0, 0.1) is 5.92 Å². The zero-order chi connectivity index (χ0) is 16.9. The first-order chi connectivity index (χ1) is 11.6. The van der Waals surface area contributed by atoms with Gasteiger partial charge in [-0.15, -0.1) is 0 Å². The number of nitrogens with zero attached hydrogens (tertiary/aromatic N) is 1. The van der Waals surface area contributed by atoms with E-state index in [1.165, 1.54) is 0 Å². The Morgan fingerprint density at radius 3 is 2.67 bits per heavy atom. The van der Waals surface area contributed by atoms with E-state index in [9.17, 15) is 4.79 Å². The second-order valence-corrected chi connectivity index (χ2v) is 6.65. The van der Waals surface area contributed by atoms with Crippen molar-refractivity contribution in [3.63, 3.8) is 0 Å². The number of hydrogen-bond donors (Lipinski definition) is 2. The molecule has 0 saturated carbocycles. The molecule has 0 unspecified atom stereocenters. The molecule has 1 aliphatic heterocycles. The Hall–Kier alpha value is -1.98. The summed E-state index contributed by atoms with van der Waals surface area (Å²) in [6, 6.07) is 11.8. The average Bonchev–Trinajstić information content (AvgIpc) is 2.60. The number of fused-ring (bicyclic) bond motifs is 1. The van der Waals surface area contributed by atoms with Crippen molar-refractivity contribution >= 4 is 22.6 Å². The van der Waals surface area contributed by atoms with Crippen LogP contribution in [0.1, 0.15) is 26.7 Å². The first-order valence-electron chi connectivity index (χ1n) is 8.64. The van der Waals surface area contributed by atoms with Gasteiger partial charge in [-0.3, -0.25) is 4.79 Å². The molecule has 1 aliphatic rings. The third-order valence-corrected chi connectivity index (χ3v) is 4.44. The van der Waals surface area contributed by atoms with Gasteiger partial charge in [0.2, 0.25) is 5.91 Å². The number of benzene rings is 1. The lowest BCUT2D eigenvalue weighted by Gasteiger charge is -2.29. The Morgan fingerprint density at radius 1 is 1.17 bits per heavy atom. The van der Waals surface area contributed by atoms with Crippen molar-refractivity contribution in [3.8, 4) is 0 Å². The number of pyridine rings is 1. The molecule has 5 nitrogen and oxygen atoms in total. The summed E-state index contributed by atoms with van der Waals surface area (Å²) < 4.78 is 5.39. The normalized spacial score (nSPS) is 17.1. The molecule has 1 atom stereocenters. The molecular weight excluding hydrogens is 302 g/mol. The number of aromatic nitrogens is 1. The molecule has 24 heavy (non-hydrogen) atoms. The fourth-order valence-electron chi connectivity index (χ4n) is 3.03. The largest absolute Gasteiger partial charge is 0.381 e. The van der Waals surface area contributed by atoms with Crippen LogP contribution in [-0.2, 0) is 9.53 Å². The maximum absolute atomic E-state index is 12.7. The first-order valence-corrected chi connectivity index (χ1v) is 8.64. The third kappa shape index (κ3) is 4.10. The molecule has 0 radical (unpaired) electrons. The van der Waals surface area contributed by atoms with Crippen molar-refractivity contribution in [1.82, 2.24) is 10.3 Å². The summed E-state index contributed by atoms with van der Waals surface area (Å²) >= 11 is 0. The fourth-order valence-corrected chi connectivity index (χ4v) is 3.03. The summed E-state index contributed by atoms with van der Waals surface area (Å²) in [5, 5.41) is 7.52. The van der Waals surface area contributed by atoms with Crippen molar-refractivity contribution in [3.05, 3.63) is 36.4 Å². The predicted molar refractivity (Wildman–Crippen MR) is 96.0 cm³/mol. The van der Waals surface area contributed by atoms with Gasteiger partial charge in [-0.25, -0.2) is 4.98 Å². The highest BCUT2D eigenvalue weighted by molar-refractivity contribution is 5.95. The number of ether oxygens (including phenoxy) is 1. The van der Waals surface area contributed by atoms with Crippen LogP contribution in [0.25, 0.3) is 10.9 Å². The lowest BCUT2D eigenvalue weighted by atomic mass is 10.00. The van der Waals surface area contributed by atoms with Gasteiger partial charge in [-0.1, -0.05) is 32.0 Å². The first kappa shape index (κ1) is 16.9. The number of rotatable bonds is 5. The molecule has 3 rings (SSSR count). The summed E-state index contributed by atoms with van der Waals surface area (Å²) in [6.07, 6.45) is 1.90. The number of carbonyl (C=O) groups excluding carboxylic acids is 1. The Kier molecular flexibility index (Phi) is 5.43. The molecular formula is C19H25N3O2. The van der Waals surface area contributed by atoms with E-state index < -0.39 is 0 Å². The van der Waals surface area contributed by atoms with Crippen LogP contribution in [0.5, 0.6) is 0 Å². The van der Waals surface area contributed by atoms with Gasteiger partial charge in [0.1, 0.15) is 5.82 Å². The van der Waals surface area contributed by atoms with E-state index in [2.05, 4.69) is 29.5 Å². The summed E-state index contributed by atoms with van der Waals surface area (Å²) in [7, 11) is 0. The minimum absolute atomic E-state index is 0.0285. The summed E-state index contributed by atoms with van der Waals surface area (Å²) in [6.45, 7) is 5.64. The van der Waals surface area contributed by atoms with Crippen molar-refractivity contribution in [2.75, 3.05) is 18.5 Å². The molecule has 2 N–H and O–H groups in total. The van der Waals surface area contributed by atoms with E-state index >= 15 is 0 Å². The average molecular weight is 327 g/mol. The SMILES string of the molecule is CC(C)[C@@H](NC1CCOCC1)C(=O)Nc1ccc2ccccc2n1. The van der Waals surface area contributed by atoms with Crippen LogP contribution in [0.4, 0.5) is 5.82 Å². The molecule has 128 valence electrons. The quantitative estimate of drug-likeness (QED) is 0.886. The van der Waals surface area contributed by atoms with Gasteiger partial charge in [-0.05, 0) is 37.0 Å². The Morgan fingerprint density at radius 2 is 1.92 bits per heavy atom. The van der Waals surface area contributed by atoms with Crippen LogP contribution < -0.4 is 10.6 Å². The summed E-state index contributed by atoms with van der Waals surface area (Å²) in [5.74, 6) is 0.769. The summed E-state index contributed by atoms with van der Waals surface area (Å²) in [4.78, 5) is 17.2. The zero-order valence-electron chi connectivity index (χ0n) is 14.3. The highest BCUT2D eigenvalue weighted by atomic mass is 16.5. The molecule has 1 amide bonds. The third-order valence-electron chi connectivity index (χ3n) is 4.44. The Labute approximate surface area is 142 Å². The summed E-state index contributed by atoms with van der Waals surface area (Å²) in [5.41, 5.74) is 0.883. The predicted octanol–water partition coefficient (Wildman–Crippen LogP) is 2.97. The van der Waals surface area contributed by atoms with Crippen LogP contribution in [-0.4, -0.2) is 36.2 Å². The van der Waals surface area contributed by atoms with E-state index in [1.807, 2.05) is 36.4 Å². The number of hydrogen-bond acceptors (Lipinski definition) is 4. The molecule has 1 aromatic carbocycles. The molecule has 1 saturated heterocycles. The standard InChI is InChI=1S/C19H25N3O2/c1-13(2)18(20-15-9-11-24-12-10-15)19(23)22-17-8-7-14-5-3-4-6-16(14)21-17/h3-8,13,15,18,20H,9-12H2,1-2H3,(H,21,22,23)/t18-/m1/s1. The highest BCUT2D eigenvalue weighted by Gasteiger charge is 2.26. The Balaban J connectivity index is 1.69. The molecule has 1 aromatic heterocycles. The molecule has 0 bridgehead atoms. The zero-order valence-corrected chi connectivity index (χ0v) is 14.3. The Bertz CT molecular complexity index is 696. The van der Waals surface area contributed by atoms with Gasteiger partial charge >= 0.3 is 0 Å². The van der Waals surface area contributed by atoms with E-state index in [0.29, 0.717) is 11.9 Å². The van der Waals surface area contributed by atoms with Gasteiger partial charge in [0, 0.05) is 24.6 Å². The van der Waals surface area contributed by atoms with Crippen LogP contribution in [0.15, 0.2) is 36.4 Å². The number of carbonyl (C=O) groups is 1. The van der Waals surface area contributed by atoms with E-state index in [1.54, 1.807) is 0 Å². The van der Waals surface area contributed by atoms with Gasteiger partial charge in [0.05, 0.1) is 11.6 Å². The lowest BCUT2D eigenvalue weighted by molar-refractivity contribution is -0.119. The van der Waals surface area contributed by atoms with Crippen molar-refractivity contribution < 1.29 is 9.53 Å². The van der Waals surface area contributed by atoms with E-state index in [4.69, 9.17) is 4.74 Å². The second-order valence-electron chi connectivity index (χ2n) is 6.65. The fraction of sp³-hybridized carbons (Fsp3) is 0.474. The molecule has 0 aliphatic carbocycles. The minimum Gasteiger partial charge on any atom is -0.381 e. The number of anilines is 1. The molecule has 2 heterocycles. The monoisotopic (exact) mass is 327 g/mol. The van der Waals surface area contributed by atoms with E-state index in [0.717, 1.165) is 37.0 Å². The maximum atomic E-state index is 12.7. The van der Waals surface area contributed by atoms with Crippen LogP contribution >= 0.6 is 0 Å². The molecule has 1 fully saturated rings. The van der Waals surface area contributed by atoms with Crippen molar-refractivity contribution in [2.24, 2.45) is 5.92 Å².